The maximum Gasteiger partial charge on any atom is 0.0349 e. The molecule has 0 aliphatic heterocycles. The Morgan fingerprint density at radius 2 is 1.91 bits per heavy atom. The largest absolute Gasteiger partial charge is 0.398 e. The van der Waals surface area contributed by atoms with Crippen LogP contribution in [-0.2, 0) is 19.3 Å². The zero-order valence-corrected chi connectivity index (χ0v) is 13.5. The lowest BCUT2D eigenvalue weighted by atomic mass is 9.86. The van der Waals surface area contributed by atoms with Crippen LogP contribution in [0.25, 0.3) is 0 Å². The summed E-state index contributed by atoms with van der Waals surface area (Å²) in [5.41, 5.74) is 11.3. The van der Waals surface area contributed by atoms with Gasteiger partial charge in [-0.15, -0.1) is 0 Å². The molecular formula is C20H26N2. The average Bonchev–Trinajstić information content (AvgIpc) is 2.55. The van der Waals surface area contributed by atoms with Crippen LogP contribution in [0.4, 0.5) is 5.69 Å². The first kappa shape index (κ1) is 15.1. The van der Waals surface area contributed by atoms with Crippen molar-refractivity contribution >= 4 is 5.69 Å². The molecule has 0 radical (unpaired) electrons. The van der Waals surface area contributed by atoms with Gasteiger partial charge < -0.3 is 10.6 Å². The topological polar surface area (TPSA) is 29.3 Å². The van der Waals surface area contributed by atoms with Crippen molar-refractivity contribution in [2.75, 3.05) is 19.3 Å². The van der Waals surface area contributed by atoms with Crippen LogP contribution in [0, 0.1) is 0 Å². The number of likely N-dealkylation sites (N-methyl/N-ethyl adjacent to an activating group) is 1. The molecule has 2 N–H and O–H groups in total. The number of hydrogen-bond donors (Lipinski definition) is 1. The minimum atomic E-state index is 0.657. The molecule has 22 heavy (non-hydrogen) atoms. The quantitative estimate of drug-likeness (QED) is 0.852. The molecule has 2 aromatic rings. The molecule has 0 saturated carbocycles. The highest BCUT2D eigenvalue weighted by atomic mass is 15.1. The molecule has 116 valence electrons. The molecule has 0 bridgehead atoms. The molecule has 1 aliphatic rings. The van der Waals surface area contributed by atoms with Crippen molar-refractivity contribution in [3.63, 3.8) is 0 Å². The lowest BCUT2D eigenvalue weighted by molar-refractivity contribution is 0.220. The monoisotopic (exact) mass is 294 g/mol. The first-order valence-electron chi connectivity index (χ1n) is 8.34. The van der Waals surface area contributed by atoms with Crippen molar-refractivity contribution in [2.24, 2.45) is 0 Å². The van der Waals surface area contributed by atoms with Gasteiger partial charge in [0.15, 0.2) is 0 Å². The lowest BCUT2D eigenvalue weighted by Crippen LogP contribution is -2.37. The molecule has 1 unspecified atom stereocenters. The summed E-state index contributed by atoms with van der Waals surface area (Å²) in [6.07, 6.45) is 5.88. The van der Waals surface area contributed by atoms with Gasteiger partial charge in [-0.2, -0.15) is 0 Å². The minimum Gasteiger partial charge on any atom is -0.398 e. The van der Waals surface area contributed by atoms with Crippen LogP contribution in [-0.4, -0.2) is 24.5 Å². The molecule has 0 heterocycles. The summed E-state index contributed by atoms with van der Waals surface area (Å²) in [5.74, 6) is 0. The van der Waals surface area contributed by atoms with Gasteiger partial charge in [-0.25, -0.2) is 0 Å². The van der Waals surface area contributed by atoms with Gasteiger partial charge in [0.2, 0.25) is 0 Å². The Bertz CT molecular complexity index is 606. The SMILES string of the molecule is CN(CCCc1ccccc1)C1CCc2c(N)cccc2C1. The number of rotatable bonds is 5. The average molecular weight is 294 g/mol. The zero-order valence-electron chi connectivity index (χ0n) is 13.5. The Hall–Kier alpha value is -1.80. The van der Waals surface area contributed by atoms with Gasteiger partial charge in [0.1, 0.15) is 0 Å². The van der Waals surface area contributed by atoms with Crippen LogP contribution in [0.5, 0.6) is 0 Å². The van der Waals surface area contributed by atoms with Crippen molar-refractivity contribution in [3.8, 4) is 0 Å². The van der Waals surface area contributed by atoms with Crippen LogP contribution in [0.2, 0.25) is 0 Å². The van der Waals surface area contributed by atoms with Gasteiger partial charge in [0.05, 0.1) is 0 Å². The van der Waals surface area contributed by atoms with E-state index in [-0.39, 0.29) is 0 Å². The van der Waals surface area contributed by atoms with Crippen molar-refractivity contribution in [1.82, 2.24) is 4.90 Å². The molecule has 0 spiro atoms. The molecule has 1 atom stereocenters. The second kappa shape index (κ2) is 6.97. The smallest absolute Gasteiger partial charge is 0.0349 e. The maximum absolute atomic E-state index is 6.09. The van der Waals surface area contributed by atoms with E-state index in [1.54, 1.807) is 0 Å². The zero-order chi connectivity index (χ0) is 15.4. The molecule has 1 aliphatic carbocycles. The Morgan fingerprint density at radius 3 is 2.73 bits per heavy atom. The van der Waals surface area contributed by atoms with Crippen LogP contribution < -0.4 is 5.73 Å². The summed E-state index contributed by atoms with van der Waals surface area (Å²) in [7, 11) is 2.27. The second-order valence-corrected chi connectivity index (χ2v) is 6.45. The van der Waals surface area contributed by atoms with Gasteiger partial charge in [-0.05, 0) is 68.5 Å². The number of anilines is 1. The summed E-state index contributed by atoms with van der Waals surface area (Å²) in [6.45, 7) is 1.16. The molecule has 0 saturated heterocycles. The molecule has 3 rings (SSSR count). The first-order chi connectivity index (χ1) is 10.7. The van der Waals surface area contributed by atoms with Crippen molar-refractivity contribution < 1.29 is 0 Å². The van der Waals surface area contributed by atoms with Gasteiger partial charge >= 0.3 is 0 Å². The second-order valence-electron chi connectivity index (χ2n) is 6.45. The standard InChI is InChI=1S/C20H26N2/c1-22(14-6-9-16-7-3-2-4-8-16)18-12-13-19-17(15-18)10-5-11-20(19)21/h2-5,7-8,10-11,18H,6,9,12-15,21H2,1H3. The van der Waals surface area contributed by atoms with Gasteiger partial charge in [0, 0.05) is 11.7 Å². The summed E-state index contributed by atoms with van der Waals surface area (Å²) >= 11 is 0. The van der Waals surface area contributed by atoms with E-state index in [0.29, 0.717) is 6.04 Å². The number of benzene rings is 2. The minimum absolute atomic E-state index is 0.657. The highest BCUT2D eigenvalue weighted by molar-refractivity contribution is 5.52. The predicted octanol–water partition coefficient (Wildman–Crippen LogP) is 3.69. The van der Waals surface area contributed by atoms with E-state index < -0.39 is 0 Å². The normalized spacial score (nSPS) is 17.5. The number of nitrogens with zero attached hydrogens (tertiary/aromatic N) is 1. The number of nitrogen functional groups attached to an aromatic ring is 1. The Kier molecular flexibility index (Phi) is 4.79. The fourth-order valence-electron chi connectivity index (χ4n) is 3.55. The molecule has 2 heteroatoms. The predicted molar refractivity (Wildman–Crippen MR) is 94.1 cm³/mol. The Labute approximate surface area is 134 Å². The van der Waals surface area contributed by atoms with E-state index in [9.17, 15) is 0 Å². The van der Waals surface area contributed by atoms with Crippen LogP contribution in [0.15, 0.2) is 48.5 Å². The summed E-state index contributed by atoms with van der Waals surface area (Å²) in [6, 6.07) is 17.8. The molecule has 2 nitrogen and oxygen atoms in total. The van der Waals surface area contributed by atoms with Crippen LogP contribution >= 0.6 is 0 Å². The highest BCUT2D eigenvalue weighted by Gasteiger charge is 2.22. The summed E-state index contributed by atoms with van der Waals surface area (Å²) in [5, 5.41) is 0. The molecular weight excluding hydrogens is 268 g/mol. The number of fused-ring (bicyclic) bond motifs is 1. The Morgan fingerprint density at radius 1 is 1.09 bits per heavy atom. The number of hydrogen-bond acceptors (Lipinski definition) is 2. The summed E-state index contributed by atoms with van der Waals surface area (Å²) < 4.78 is 0. The van der Waals surface area contributed by atoms with Crippen LogP contribution in [0.1, 0.15) is 29.5 Å². The Balaban J connectivity index is 1.52. The van der Waals surface area contributed by atoms with Gasteiger partial charge in [-0.1, -0.05) is 42.5 Å². The fourth-order valence-corrected chi connectivity index (χ4v) is 3.55. The molecule has 2 aromatic carbocycles. The lowest BCUT2D eigenvalue weighted by Gasteiger charge is -2.33. The highest BCUT2D eigenvalue weighted by Crippen LogP contribution is 2.28. The van der Waals surface area contributed by atoms with E-state index in [4.69, 9.17) is 5.73 Å². The van der Waals surface area contributed by atoms with Crippen LogP contribution in [0.3, 0.4) is 0 Å². The van der Waals surface area contributed by atoms with E-state index in [0.717, 1.165) is 25.1 Å². The number of aryl methyl sites for hydroxylation is 1. The summed E-state index contributed by atoms with van der Waals surface area (Å²) in [4.78, 5) is 2.54. The van der Waals surface area contributed by atoms with Gasteiger partial charge in [0.25, 0.3) is 0 Å². The molecule has 0 aromatic heterocycles. The first-order valence-corrected chi connectivity index (χ1v) is 8.34. The van der Waals surface area contributed by atoms with E-state index >= 15 is 0 Å². The molecule has 0 fully saturated rings. The van der Waals surface area contributed by atoms with E-state index in [1.165, 1.54) is 36.0 Å². The van der Waals surface area contributed by atoms with Crippen molar-refractivity contribution in [3.05, 3.63) is 65.2 Å². The van der Waals surface area contributed by atoms with Crippen molar-refractivity contribution in [1.29, 1.82) is 0 Å². The maximum atomic E-state index is 6.09. The van der Waals surface area contributed by atoms with E-state index in [1.807, 2.05) is 6.07 Å². The third-order valence-electron chi connectivity index (χ3n) is 4.93. The molecule has 0 amide bonds. The fraction of sp³-hybridized carbons (Fsp3) is 0.400. The van der Waals surface area contributed by atoms with Crippen molar-refractivity contribution in [2.45, 2.75) is 38.1 Å². The third-order valence-corrected chi connectivity index (χ3v) is 4.93. The van der Waals surface area contributed by atoms with E-state index in [2.05, 4.69) is 54.4 Å². The third kappa shape index (κ3) is 3.50. The number of nitrogens with two attached hydrogens (primary N) is 1. The van der Waals surface area contributed by atoms with Gasteiger partial charge in [-0.3, -0.25) is 0 Å².